The van der Waals surface area contributed by atoms with Gasteiger partial charge in [0.05, 0.1) is 16.9 Å². The maximum atomic E-state index is 11.6. The number of aliphatic carboxylic acids is 1. The van der Waals surface area contributed by atoms with Crippen LogP contribution in [0.5, 0.6) is 0 Å². The molecule has 1 aliphatic carbocycles. The average molecular weight is 291 g/mol. The van der Waals surface area contributed by atoms with Gasteiger partial charge in [0, 0.05) is 6.54 Å². The zero-order valence-corrected chi connectivity index (χ0v) is 12.6. The minimum Gasteiger partial charge on any atom is -0.481 e. The molecule has 1 aliphatic rings. The number of carboxylic acids is 1. The van der Waals surface area contributed by atoms with Crippen molar-refractivity contribution in [3.63, 3.8) is 0 Å². The zero-order chi connectivity index (χ0) is 14.5. The molecule has 0 atom stereocenters. The van der Waals surface area contributed by atoms with Crippen molar-refractivity contribution in [3.8, 4) is 0 Å². The fraction of sp³-hybridized carbons (Fsp3) is 0.923. The maximum absolute atomic E-state index is 11.6. The van der Waals surface area contributed by atoms with Crippen LogP contribution in [0.4, 0.5) is 0 Å². The highest BCUT2D eigenvalue weighted by atomic mass is 32.2. The highest BCUT2D eigenvalue weighted by molar-refractivity contribution is 7.92. The molecule has 0 aliphatic heterocycles. The van der Waals surface area contributed by atoms with E-state index < -0.39 is 15.8 Å². The Hall–Kier alpha value is -0.620. The first-order valence-electron chi connectivity index (χ1n) is 6.98. The lowest BCUT2D eigenvalue weighted by Gasteiger charge is -2.26. The van der Waals surface area contributed by atoms with Crippen LogP contribution in [-0.2, 0) is 14.6 Å². The number of carbonyl (C=O) groups is 1. The Morgan fingerprint density at radius 1 is 1.26 bits per heavy atom. The van der Waals surface area contributed by atoms with Crippen LogP contribution < -0.4 is 5.32 Å². The number of hydrogen-bond acceptors (Lipinski definition) is 4. The van der Waals surface area contributed by atoms with E-state index in [1.165, 1.54) is 0 Å². The summed E-state index contributed by atoms with van der Waals surface area (Å²) in [6.45, 7) is 4.67. The molecule has 0 aromatic carbocycles. The van der Waals surface area contributed by atoms with Crippen molar-refractivity contribution >= 4 is 15.8 Å². The summed E-state index contributed by atoms with van der Waals surface area (Å²) in [5, 5.41) is 11.8. The van der Waals surface area contributed by atoms with Crippen LogP contribution in [0.2, 0.25) is 0 Å². The second kappa shape index (κ2) is 7.24. The number of rotatable bonds is 7. The summed E-state index contributed by atoms with van der Waals surface area (Å²) in [6, 6.07) is 0. The third-order valence-electron chi connectivity index (χ3n) is 3.91. The number of sulfone groups is 1. The van der Waals surface area contributed by atoms with Gasteiger partial charge in [-0.1, -0.05) is 0 Å². The molecule has 0 amide bonds. The normalized spacial score (nSPS) is 24.6. The van der Waals surface area contributed by atoms with Crippen molar-refractivity contribution in [2.75, 3.05) is 18.8 Å². The van der Waals surface area contributed by atoms with Crippen LogP contribution in [0.25, 0.3) is 0 Å². The molecule has 1 fully saturated rings. The Morgan fingerprint density at radius 3 is 2.32 bits per heavy atom. The third kappa shape index (κ3) is 5.48. The van der Waals surface area contributed by atoms with Crippen LogP contribution >= 0.6 is 0 Å². The fourth-order valence-electron chi connectivity index (χ4n) is 2.37. The number of nitrogens with one attached hydrogen (secondary N) is 1. The van der Waals surface area contributed by atoms with Gasteiger partial charge in [0.15, 0.2) is 9.84 Å². The van der Waals surface area contributed by atoms with E-state index in [0.717, 1.165) is 32.2 Å². The van der Waals surface area contributed by atoms with E-state index in [2.05, 4.69) is 5.32 Å². The molecule has 112 valence electrons. The summed E-state index contributed by atoms with van der Waals surface area (Å²) in [6.07, 6.45) is 3.32. The van der Waals surface area contributed by atoms with Gasteiger partial charge in [-0.3, -0.25) is 4.79 Å². The second-order valence-electron chi connectivity index (χ2n) is 5.68. The molecular weight excluding hydrogens is 266 g/mol. The van der Waals surface area contributed by atoms with E-state index in [9.17, 15) is 13.2 Å². The monoisotopic (exact) mass is 291 g/mol. The Bertz CT molecular complexity index is 383. The lowest BCUT2D eigenvalue weighted by molar-refractivity contribution is -0.143. The predicted octanol–water partition coefficient (Wildman–Crippen LogP) is 1.29. The minimum atomic E-state index is -2.96. The first-order valence-corrected chi connectivity index (χ1v) is 8.69. The van der Waals surface area contributed by atoms with E-state index in [1.54, 1.807) is 13.8 Å². The Kier molecular flexibility index (Phi) is 6.26. The summed E-state index contributed by atoms with van der Waals surface area (Å²) in [7, 11) is -2.96. The number of carboxylic acid groups (broad SMARTS) is 1. The van der Waals surface area contributed by atoms with Crippen LogP contribution in [0.15, 0.2) is 0 Å². The van der Waals surface area contributed by atoms with Gasteiger partial charge >= 0.3 is 5.97 Å². The average Bonchev–Trinajstić information content (AvgIpc) is 2.35. The molecule has 0 heterocycles. The zero-order valence-electron chi connectivity index (χ0n) is 11.8. The van der Waals surface area contributed by atoms with E-state index in [-0.39, 0.29) is 16.9 Å². The van der Waals surface area contributed by atoms with E-state index >= 15 is 0 Å². The van der Waals surface area contributed by atoms with Crippen molar-refractivity contribution in [2.45, 2.75) is 44.8 Å². The molecule has 19 heavy (non-hydrogen) atoms. The molecule has 0 saturated heterocycles. The molecule has 0 aromatic heterocycles. The van der Waals surface area contributed by atoms with Gasteiger partial charge in [-0.2, -0.15) is 0 Å². The van der Waals surface area contributed by atoms with E-state index in [1.807, 2.05) is 0 Å². The SMILES string of the molecule is CC(C)S(=O)(=O)CCNCC1CCC(C(=O)O)CC1. The van der Waals surface area contributed by atoms with Crippen LogP contribution in [-0.4, -0.2) is 43.6 Å². The third-order valence-corrected chi connectivity index (χ3v) is 6.12. The molecule has 5 nitrogen and oxygen atoms in total. The quantitative estimate of drug-likeness (QED) is 0.691. The lowest BCUT2D eigenvalue weighted by atomic mass is 9.82. The minimum absolute atomic E-state index is 0.176. The summed E-state index contributed by atoms with van der Waals surface area (Å²) in [5.74, 6) is -0.209. The van der Waals surface area contributed by atoms with Crippen LogP contribution in [0.1, 0.15) is 39.5 Å². The Balaban J connectivity index is 2.17. The largest absolute Gasteiger partial charge is 0.481 e. The molecular formula is C13H25NO4S. The van der Waals surface area contributed by atoms with Gasteiger partial charge < -0.3 is 10.4 Å². The first-order chi connectivity index (χ1) is 8.83. The van der Waals surface area contributed by atoms with Crippen molar-refractivity contribution in [1.29, 1.82) is 0 Å². The Morgan fingerprint density at radius 2 is 1.84 bits per heavy atom. The van der Waals surface area contributed by atoms with E-state index in [0.29, 0.717) is 12.5 Å². The highest BCUT2D eigenvalue weighted by Gasteiger charge is 2.25. The Labute approximate surface area is 115 Å². The molecule has 0 bridgehead atoms. The van der Waals surface area contributed by atoms with Gasteiger partial charge in [0.25, 0.3) is 0 Å². The van der Waals surface area contributed by atoms with E-state index in [4.69, 9.17) is 5.11 Å². The van der Waals surface area contributed by atoms with Gasteiger partial charge in [0.1, 0.15) is 0 Å². The van der Waals surface area contributed by atoms with Gasteiger partial charge in [-0.15, -0.1) is 0 Å². The van der Waals surface area contributed by atoms with Crippen molar-refractivity contribution in [2.24, 2.45) is 11.8 Å². The van der Waals surface area contributed by atoms with Crippen molar-refractivity contribution in [1.82, 2.24) is 5.32 Å². The maximum Gasteiger partial charge on any atom is 0.306 e. The molecule has 6 heteroatoms. The van der Waals surface area contributed by atoms with Crippen LogP contribution in [0.3, 0.4) is 0 Å². The predicted molar refractivity (Wildman–Crippen MR) is 74.9 cm³/mol. The summed E-state index contributed by atoms with van der Waals surface area (Å²) >= 11 is 0. The molecule has 0 radical (unpaired) electrons. The van der Waals surface area contributed by atoms with Gasteiger partial charge in [-0.25, -0.2) is 8.42 Å². The first kappa shape index (κ1) is 16.4. The summed E-state index contributed by atoms with van der Waals surface area (Å²) in [5.41, 5.74) is 0. The summed E-state index contributed by atoms with van der Waals surface area (Å²) < 4.78 is 23.2. The molecule has 1 rings (SSSR count). The lowest BCUT2D eigenvalue weighted by Crippen LogP contribution is -2.32. The van der Waals surface area contributed by atoms with Crippen LogP contribution in [0, 0.1) is 11.8 Å². The van der Waals surface area contributed by atoms with Crippen molar-refractivity contribution in [3.05, 3.63) is 0 Å². The molecule has 1 saturated carbocycles. The van der Waals surface area contributed by atoms with Gasteiger partial charge in [-0.05, 0) is 52.0 Å². The standard InChI is InChI=1S/C13H25NO4S/c1-10(2)19(17,18)8-7-14-9-11-3-5-12(6-4-11)13(15)16/h10-12,14H,3-9H2,1-2H3,(H,15,16). The second-order valence-corrected chi connectivity index (χ2v) is 8.35. The van der Waals surface area contributed by atoms with Crippen molar-refractivity contribution < 1.29 is 18.3 Å². The summed E-state index contributed by atoms with van der Waals surface area (Å²) in [4.78, 5) is 10.8. The van der Waals surface area contributed by atoms with Gasteiger partial charge in [0.2, 0.25) is 0 Å². The fourth-order valence-corrected chi connectivity index (χ4v) is 3.27. The molecule has 2 N–H and O–H groups in total. The molecule has 0 unspecified atom stereocenters. The smallest absolute Gasteiger partial charge is 0.306 e. The highest BCUT2D eigenvalue weighted by Crippen LogP contribution is 2.28. The topological polar surface area (TPSA) is 83.5 Å². The molecule has 0 aromatic rings. The number of hydrogen-bond donors (Lipinski definition) is 2. The molecule has 0 spiro atoms.